The van der Waals surface area contributed by atoms with Crippen LogP contribution in [-0.4, -0.2) is 5.91 Å². The molecule has 0 saturated heterocycles. The average Bonchev–Trinajstić information content (AvgIpc) is 2.41. The van der Waals surface area contributed by atoms with Crippen molar-refractivity contribution in [2.45, 2.75) is 6.54 Å². The van der Waals surface area contributed by atoms with Crippen molar-refractivity contribution in [3.8, 4) is 11.5 Å². The highest BCUT2D eigenvalue weighted by Gasteiger charge is 2.11. The fourth-order valence-corrected chi connectivity index (χ4v) is 1.63. The molecule has 2 rings (SSSR count). The molecule has 0 saturated carbocycles. The minimum Gasteiger partial charge on any atom is -0.453 e. The van der Waals surface area contributed by atoms with Crippen molar-refractivity contribution < 1.29 is 13.9 Å². The smallest absolute Gasteiger partial charge is 0.252 e. The number of primary amides is 1. The second-order valence-electron chi connectivity index (χ2n) is 3.93. The van der Waals surface area contributed by atoms with Crippen molar-refractivity contribution >= 4 is 5.91 Å². The van der Waals surface area contributed by atoms with Gasteiger partial charge in [-0.05, 0) is 29.8 Å². The Bertz CT molecular complexity index is 614. The van der Waals surface area contributed by atoms with Crippen LogP contribution in [0.4, 0.5) is 4.39 Å². The Morgan fingerprint density at radius 3 is 2.53 bits per heavy atom. The van der Waals surface area contributed by atoms with E-state index in [1.165, 1.54) is 18.2 Å². The summed E-state index contributed by atoms with van der Waals surface area (Å²) in [5, 5.41) is 0. The first kappa shape index (κ1) is 13.0. The van der Waals surface area contributed by atoms with E-state index in [9.17, 15) is 9.18 Å². The molecule has 0 aromatic heterocycles. The molecule has 4 nitrogen and oxygen atoms in total. The number of ether oxygens (including phenoxy) is 1. The van der Waals surface area contributed by atoms with Gasteiger partial charge in [0.2, 0.25) is 0 Å². The van der Waals surface area contributed by atoms with Crippen molar-refractivity contribution in [2.75, 3.05) is 0 Å². The number of carbonyl (C=O) groups is 1. The fourth-order valence-electron chi connectivity index (χ4n) is 1.63. The number of rotatable bonds is 4. The summed E-state index contributed by atoms with van der Waals surface area (Å²) in [6.07, 6.45) is 0. The highest BCUT2D eigenvalue weighted by Crippen LogP contribution is 2.27. The number of amides is 1. The highest BCUT2D eigenvalue weighted by atomic mass is 19.1. The fraction of sp³-hybridized carbons (Fsp3) is 0.0714. The monoisotopic (exact) mass is 260 g/mol. The van der Waals surface area contributed by atoms with Crippen molar-refractivity contribution in [2.24, 2.45) is 11.5 Å². The molecule has 4 N–H and O–H groups in total. The van der Waals surface area contributed by atoms with Crippen molar-refractivity contribution in [1.82, 2.24) is 0 Å². The zero-order chi connectivity index (χ0) is 13.8. The average molecular weight is 260 g/mol. The van der Waals surface area contributed by atoms with Gasteiger partial charge in [-0.15, -0.1) is 0 Å². The van der Waals surface area contributed by atoms with Crippen LogP contribution in [0.3, 0.4) is 0 Å². The maximum absolute atomic E-state index is 13.8. The zero-order valence-electron chi connectivity index (χ0n) is 10.1. The molecule has 0 aliphatic rings. The van der Waals surface area contributed by atoms with E-state index in [1.807, 2.05) is 0 Å². The number of halogens is 1. The Morgan fingerprint density at radius 1 is 1.16 bits per heavy atom. The summed E-state index contributed by atoms with van der Waals surface area (Å²) in [5.41, 5.74) is 11.5. The molecule has 0 bridgehead atoms. The van der Waals surface area contributed by atoms with Gasteiger partial charge in [-0.1, -0.05) is 18.2 Å². The molecule has 0 spiro atoms. The number of hydrogen-bond donors (Lipinski definition) is 2. The van der Waals surface area contributed by atoms with Gasteiger partial charge in [0.05, 0.1) is 5.56 Å². The summed E-state index contributed by atoms with van der Waals surface area (Å²) in [4.78, 5) is 11.2. The van der Waals surface area contributed by atoms with E-state index >= 15 is 0 Å². The summed E-state index contributed by atoms with van der Waals surface area (Å²) in [5.74, 6) is -0.933. The van der Waals surface area contributed by atoms with Crippen LogP contribution in [0, 0.1) is 5.82 Å². The molecule has 2 aromatic carbocycles. The van der Waals surface area contributed by atoms with Crippen LogP contribution in [0.2, 0.25) is 0 Å². The molecule has 0 aliphatic heterocycles. The van der Waals surface area contributed by atoms with Crippen LogP contribution in [-0.2, 0) is 6.54 Å². The Kier molecular flexibility index (Phi) is 3.77. The van der Waals surface area contributed by atoms with Crippen LogP contribution < -0.4 is 16.2 Å². The zero-order valence-corrected chi connectivity index (χ0v) is 10.1. The van der Waals surface area contributed by atoms with Crippen molar-refractivity contribution in [1.29, 1.82) is 0 Å². The van der Waals surface area contributed by atoms with E-state index < -0.39 is 11.7 Å². The van der Waals surface area contributed by atoms with Gasteiger partial charge in [0.15, 0.2) is 11.6 Å². The first-order chi connectivity index (χ1) is 9.11. The Labute approximate surface area is 109 Å². The van der Waals surface area contributed by atoms with Gasteiger partial charge in [-0.25, -0.2) is 4.39 Å². The number of para-hydroxylation sites is 1. The molecular weight excluding hydrogens is 247 g/mol. The van der Waals surface area contributed by atoms with E-state index in [1.54, 1.807) is 24.3 Å². The third-order valence-corrected chi connectivity index (χ3v) is 2.60. The minimum absolute atomic E-state index is 0.0194. The lowest BCUT2D eigenvalue weighted by Crippen LogP contribution is -2.12. The molecule has 0 unspecified atom stereocenters. The molecule has 5 heteroatoms. The second kappa shape index (κ2) is 5.49. The molecule has 0 heterocycles. The number of nitrogens with two attached hydrogens (primary N) is 2. The predicted molar refractivity (Wildman–Crippen MR) is 69.3 cm³/mol. The van der Waals surface area contributed by atoms with Crippen LogP contribution in [0.1, 0.15) is 15.9 Å². The van der Waals surface area contributed by atoms with E-state index in [0.29, 0.717) is 5.56 Å². The molecule has 0 fully saturated rings. The third-order valence-electron chi connectivity index (χ3n) is 2.60. The standard InChI is InChI=1S/C14H13FN2O2/c15-11-7-9(8-16)5-6-13(11)19-12-4-2-1-3-10(12)14(17)18/h1-7H,8,16H2,(H2,17,18). The quantitative estimate of drug-likeness (QED) is 0.884. The Balaban J connectivity index is 2.34. The van der Waals surface area contributed by atoms with Crippen molar-refractivity contribution in [3.05, 3.63) is 59.4 Å². The summed E-state index contributed by atoms with van der Waals surface area (Å²) >= 11 is 0. The number of carbonyl (C=O) groups excluding carboxylic acids is 1. The normalized spacial score (nSPS) is 10.2. The molecule has 0 radical (unpaired) electrons. The molecule has 1 amide bonds. The lowest BCUT2D eigenvalue weighted by atomic mass is 10.2. The number of hydrogen-bond acceptors (Lipinski definition) is 3. The van der Waals surface area contributed by atoms with Gasteiger partial charge in [0, 0.05) is 6.54 Å². The second-order valence-corrected chi connectivity index (χ2v) is 3.93. The third kappa shape index (κ3) is 2.89. The van der Waals surface area contributed by atoms with E-state index in [0.717, 1.165) is 0 Å². The minimum atomic E-state index is -0.630. The molecule has 98 valence electrons. The summed E-state index contributed by atoms with van der Waals surface area (Å²) < 4.78 is 19.1. The Hall–Kier alpha value is -2.40. The molecule has 0 aliphatic carbocycles. The van der Waals surface area contributed by atoms with E-state index in [-0.39, 0.29) is 23.6 Å². The maximum atomic E-state index is 13.8. The molecule has 2 aromatic rings. The van der Waals surface area contributed by atoms with E-state index in [4.69, 9.17) is 16.2 Å². The van der Waals surface area contributed by atoms with Gasteiger partial charge in [-0.2, -0.15) is 0 Å². The predicted octanol–water partition coefficient (Wildman–Crippen LogP) is 2.18. The highest BCUT2D eigenvalue weighted by molar-refractivity contribution is 5.95. The van der Waals surface area contributed by atoms with Gasteiger partial charge in [0.25, 0.3) is 5.91 Å². The molecule has 19 heavy (non-hydrogen) atoms. The van der Waals surface area contributed by atoms with Gasteiger partial charge < -0.3 is 16.2 Å². The summed E-state index contributed by atoms with van der Waals surface area (Å²) in [6, 6.07) is 10.8. The van der Waals surface area contributed by atoms with Crippen molar-refractivity contribution in [3.63, 3.8) is 0 Å². The first-order valence-corrected chi connectivity index (χ1v) is 5.67. The molecular formula is C14H13FN2O2. The van der Waals surface area contributed by atoms with E-state index in [2.05, 4.69) is 0 Å². The number of benzene rings is 2. The topological polar surface area (TPSA) is 78.3 Å². The van der Waals surface area contributed by atoms with Crippen LogP contribution in [0.5, 0.6) is 11.5 Å². The largest absolute Gasteiger partial charge is 0.453 e. The lowest BCUT2D eigenvalue weighted by molar-refractivity contribution is 0.0998. The van der Waals surface area contributed by atoms with Gasteiger partial charge in [0.1, 0.15) is 5.75 Å². The Morgan fingerprint density at radius 2 is 1.89 bits per heavy atom. The van der Waals surface area contributed by atoms with Gasteiger partial charge >= 0.3 is 0 Å². The SMILES string of the molecule is NCc1ccc(Oc2ccccc2C(N)=O)c(F)c1. The summed E-state index contributed by atoms with van der Waals surface area (Å²) in [6.45, 7) is 0.245. The first-order valence-electron chi connectivity index (χ1n) is 5.67. The van der Waals surface area contributed by atoms with Crippen LogP contribution >= 0.6 is 0 Å². The molecule has 0 atom stereocenters. The van der Waals surface area contributed by atoms with Crippen LogP contribution in [0.25, 0.3) is 0 Å². The maximum Gasteiger partial charge on any atom is 0.252 e. The lowest BCUT2D eigenvalue weighted by Gasteiger charge is -2.10. The van der Waals surface area contributed by atoms with Crippen LogP contribution in [0.15, 0.2) is 42.5 Å². The van der Waals surface area contributed by atoms with Gasteiger partial charge in [-0.3, -0.25) is 4.79 Å². The summed E-state index contributed by atoms with van der Waals surface area (Å²) in [7, 11) is 0.